The third-order valence-corrected chi connectivity index (χ3v) is 3.98. The van der Waals surface area contributed by atoms with E-state index < -0.39 is 11.2 Å². The summed E-state index contributed by atoms with van der Waals surface area (Å²) in [5.41, 5.74) is 1.36. The van der Waals surface area contributed by atoms with Crippen LogP contribution >= 0.6 is 0 Å². The van der Waals surface area contributed by atoms with E-state index in [0.717, 1.165) is 17.5 Å². The van der Waals surface area contributed by atoms with Gasteiger partial charge in [-0.15, -0.1) is 0 Å². The van der Waals surface area contributed by atoms with E-state index in [1.807, 2.05) is 0 Å². The van der Waals surface area contributed by atoms with Crippen LogP contribution in [0.1, 0.15) is 57.1 Å². The Morgan fingerprint density at radius 1 is 1.16 bits per heavy atom. The van der Waals surface area contributed by atoms with Crippen LogP contribution in [0.4, 0.5) is 5.69 Å². The lowest BCUT2D eigenvalue weighted by atomic mass is 9.82. The maximum Gasteiger partial charge on any atom is 0.277 e. The fourth-order valence-corrected chi connectivity index (χ4v) is 3.39. The van der Waals surface area contributed by atoms with Gasteiger partial charge in [0.05, 0.1) is 10.5 Å². The van der Waals surface area contributed by atoms with Crippen molar-refractivity contribution in [3.05, 3.63) is 38.9 Å². The first-order chi connectivity index (χ1) is 8.56. The van der Waals surface area contributed by atoms with Crippen LogP contribution in [0.25, 0.3) is 0 Å². The van der Waals surface area contributed by atoms with Crippen molar-refractivity contribution >= 4 is 5.69 Å². The van der Waals surface area contributed by atoms with Gasteiger partial charge < -0.3 is 10.2 Å². The molecule has 0 saturated heterocycles. The lowest BCUT2D eigenvalue weighted by molar-refractivity contribution is -0.386. The lowest BCUT2D eigenvalue weighted by Crippen LogP contribution is -2.18. The number of fused-ring (bicyclic) bond motifs is 1. The number of aliphatic hydroxyl groups excluding tert-OH is 1. The van der Waals surface area contributed by atoms with Gasteiger partial charge in [-0.2, -0.15) is 0 Å². The van der Waals surface area contributed by atoms with Crippen LogP contribution in [0.5, 0.6) is 0 Å². The monoisotopic (exact) mass is 265 g/mol. The summed E-state index contributed by atoms with van der Waals surface area (Å²) in [4.78, 5) is 10.5. The predicted molar refractivity (Wildman–Crippen MR) is 70.9 cm³/mol. The minimum Gasteiger partial charge on any atom is -0.364 e. The van der Waals surface area contributed by atoms with Crippen molar-refractivity contribution in [3.63, 3.8) is 0 Å². The summed E-state index contributed by atoms with van der Waals surface area (Å²) in [6, 6.07) is 3.08. The van der Waals surface area contributed by atoms with Crippen LogP contribution in [0, 0.1) is 10.1 Å². The molecule has 0 unspecified atom stereocenters. The summed E-state index contributed by atoms with van der Waals surface area (Å²) in [6.45, 7) is 8.25. The number of hydrogen-bond acceptors (Lipinski definition) is 4. The minimum absolute atomic E-state index is 0.0328. The summed E-state index contributed by atoms with van der Waals surface area (Å²) in [6.07, 6.45) is -0.956. The van der Waals surface area contributed by atoms with Crippen molar-refractivity contribution in [3.8, 4) is 0 Å². The molecule has 0 fully saturated rings. The number of aliphatic hydroxyl groups is 2. The van der Waals surface area contributed by atoms with Gasteiger partial charge >= 0.3 is 0 Å². The summed E-state index contributed by atoms with van der Waals surface area (Å²) in [5, 5.41) is 29.8. The number of hydrogen-bond donors (Lipinski definition) is 2. The summed E-state index contributed by atoms with van der Waals surface area (Å²) >= 11 is 0. The van der Waals surface area contributed by atoms with Gasteiger partial charge in [0.15, 0.2) is 6.29 Å². The second-order valence-electron chi connectivity index (χ2n) is 6.53. The van der Waals surface area contributed by atoms with Crippen LogP contribution in [0.3, 0.4) is 0 Å². The van der Waals surface area contributed by atoms with E-state index in [1.54, 1.807) is 6.07 Å². The van der Waals surface area contributed by atoms with Crippen molar-refractivity contribution < 1.29 is 15.1 Å². The molecule has 0 amide bonds. The Kier molecular flexibility index (Phi) is 2.95. The molecule has 0 radical (unpaired) electrons. The fraction of sp³-hybridized carbons (Fsp3) is 0.571. The summed E-state index contributed by atoms with van der Waals surface area (Å²) in [7, 11) is 0. The molecule has 1 aromatic rings. The van der Waals surface area contributed by atoms with Gasteiger partial charge in [-0.1, -0.05) is 27.7 Å². The Labute approximate surface area is 112 Å². The van der Waals surface area contributed by atoms with Gasteiger partial charge in [0.25, 0.3) is 5.69 Å². The Bertz CT molecular complexity index is 547. The Balaban J connectivity index is 2.75. The molecule has 1 aliphatic carbocycles. The molecule has 5 heteroatoms. The average molecular weight is 265 g/mol. The third kappa shape index (κ3) is 2.13. The van der Waals surface area contributed by atoms with E-state index in [2.05, 4.69) is 27.7 Å². The summed E-state index contributed by atoms with van der Waals surface area (Å²) < 4.78 is 0. The number of rotatable bonds is 2. The van der Waals surface area contributed by atoms with Gasteiger partial charge in [-0.3, -0.25) is 10.1 Å². The zero-order valence-corrected chi connectivity index (χ0v) is 11.6. The molecule has 1 aliphatic rings. The van der Waals surface area contributed by atoms with Crippen molar-refractivity contribution in [2.24, 2.45) is 0 Å². The van der Waals surface area contributed by atoms with Gasteiger partial charge in [-0.05, 0) is 34.4 Å². The maximum absolute atomic E-state index is 11.1. The van der Waals surface area contributed by atoms with Gasteiger partial charge in [0, 0.05) is 6.07 Å². The number of nitrogens with zero attached hydrogens (tertiary/aromatic N) is 1. The minimum atomic E-state index is -1.83. The first kappa shape index (κ1) is 14.0. The van der Waals surface area contributed by atoms with Crippen LogP contribution in [-0.4, -0.2) is 15.1 Å². The predicted octanol–water partition coefficient (Wildman–Crippen LogP) is 2.54. The van der Waals surface area contributed by atoms with E-state index in [9.17, 15) is 20.3 Å². The molecular weight excluding hydrogens is 246 g/mol. The standard InChI is InChI=1S/C14H19NO4/c1-13(2)7-14(3,4)10-6-11(15(18)19)8(12(16)17)5-9(10)13/h5-6,12,16-17H,7H2,1-4H3. The van der Waals surface area contributed by atoms with Crippen LogP contribution in [-0.2, 0) is 10.8 Å². The molecule has 0 atom stereocenters. The van der Waals surface area contributed by atoms with Crippen molar-refractivity contribution in [1.29, 1.82) is 0 Å². The van der Waals surface area contributed by atoms with E-state index in [0.29, 0.717) is 0 Å². The van der Waals surface area contributed by atoms with Crippen LogP contribution < -0.4 is 0 Å². The summed E-state index contributed by atoms with van der Waals surface area (Å²) in [5.74, 6) is 0. The molecule has 104 valence electrons. The fourth-order valence-electron chi connectivity index (χ4n) is 3.39. The second-order valence-corrected chi connectivity index (χ2v) is 6.53. The smallest absolute Gasteiger partial charge is 0.277 e. The van der Waals surface area contributed by atoms with Gasteiger partial charge in [-0.25, -0.2) is 0 Å². The molecule has 0 aliphatic heterocycles. The van der Waals surface area contributed by atoms with Gasteiger partial charge in [0.2, 0.25) is 0 Å². The highest BCUT2D eigenvalue weighted by atomic mass is 16.6. The largest absolute Gasteiger partial charge is 0.364 e. The van der Waals surface area contributed by atoms with Crippen molar-refractivity contribution in [2.45, 2.75) is 51.2 Å². The molecule has 0 aromatic heterocycles. The third-order valence-electron chi connectivity index (χ3n) is 3.98. The molecule has 0 spiro atoms. The molecule has 1 aromatic carbocycles. The molecule has 0 heterocycles. The molecule has 0 saturated carbocycles. The van der Waals surface area contributed by atoms with E-state index >= 15 is 0 Å². The number of nitro groups is 1. The molecule has 2 rings (SSSR count). The highest BCUT2D eigenvalue weighted by molar-refractivity contribution is 5.55. The topological polar surface area (TPSA) is 83.6 Å². The normalized spacial score (nSPS) is 19.5. The SMILES string of the molecule is CC1(C)CC(C)(C)c2cc([N+](=O)[O-])c(C(O)O)cc21. The lowest BCUT2D eigenvalue weighted by Gasteiger charge is -2.22. The number of benzene rings is 1. The average Bonchev–Trinajstić information content (AvgIpc) is 2.42. The molecular formula is C14H19NO4. The molecule has 2 N–H and O–H groups in total. The first-order valence-electron chi connectivity index (χ1n) is 6.26. The second kappa shape index (κ2) is 4.02. The Morgan fingerprint density at radius 2 is 1.63 bits per heavy atom. The maximum atomic E-state index is 11.1. The van der Waals surface area contributed by atoms with Crippen LogP contribution in [0.15, 0.2) is 12.1 Å². The number of nitro benzene ring substituents is 1. The van der Waals surface area contributed by atoms with E-state index in [4.69, 9.17) is 0 Å². The van der Waals surface area contributed by atoms with Crippen LogP contribution in [0.2, 0.25) is 0 Å². The van der Waals surface area contributed by atoms with Gasteiger partial charge in [0.1, 0.15) is 0 Å². The van der Waals surface area contributed by atoms with E-state index in [1.165, 1.54) is 6.07 Å². The highest BCUT2D eigenvalue weighted by Gasteiger charge is 2.43. The van der Waals surface area contributed by atoms with Crippen molar-refractivity contribution in [2.75, 3.05) is 0 Å². The van der Waals surface area contributed by atoms with E-state index in [-0.39, 0.29) is 22.1 Å². The molecule has 5 nitrogen and oxygen atoms in total. The van der Waals surface area contributed by atoms with Crippen molar-refractivity contribution in [1.82, 2.24) is 0 Å². The Hall–Kier alpha value is -1.46. The highest BCUT2D eigenvalue weighted by Crippen LogP contribution is 2.51. The Morgan fingerprint density at radius 3 is 2.05 bits per heavy atom. The quantitative estimate of drug-likeness (QED) is 0.489. The molecule has 19 heavy (non-hydrogen) atoms. The zero-order valence-electron chi connectivity index (χ0n) is 11.6. The molecule has 0 bridgehead atoms. The zero-order chi connectivity index (χ0) is 14.6. The first-order valence-corrected chi connectivity index (χ1v) is 6.26.